The Morgan fingerprint density at radius 1 is 0.967 bits per heavy atom. The molecule has 0 amide bonds. The van der Waals surface area contributed by atoms with E-state index in [4.69, 9.17) is 23.2 Å². The van der Waals surface area contributed by atoms with Crippen LogP contribution in [0.5, 0.6) is 0 Å². The molecule has 3 aromatic rings. The predicted molar refractivity (Wildman–Crippen MR) is 124 cm³/mol. The van der Waals surface area contributed by atoms with E-state index >= 15 is 0 Å². The molecule has 4 rings (SSSR count). The molecule has 2 aromatic carbocycles. The number of aromatic nitrogens is 2. The molecule has 1 atom stereocenters. The van der Waals surface area contributed by atoms with Gasteiger partial charge in [0.15, 0.2) is 0 Å². The van der Waals surface area contributed by atoms with Crippen molar-refractivity contribution in [3.63, 3.8) is 0 Å². The lowest BCUT2D eigenvalue weighted by Gasteiger charge is -2.39. The van der Waals surface area contributed by atoms with Gasteiger partial charge in [0, 0.05) is 43.9 Å². The first-order valence-corrected chi connectivity index (χ1v) is 10.9. The van der Waals surface area contributed by atoms with Gasteiger partial charge >= 0.3 is 0 Å². The van der Waals surface area contributed by atoms with Gasteiger partial charge < -0.3 is 4.90 Å². The van der Waals surface area contributed by atoms with Gasteiger partial charge in [-0.3, -0.25) is 14.4 Å². The minimum Gasteiger partial charge on any atom is -0.369 e. The molecule has 1 saturated heterocycles. The van der Waals surface area contributed by atoms with E-state index in [1.807, 2.05) is 54.2 Å². The van der Waals surface area contributed by atoms with Crippen LogP contribution in [0.2, 0.25) is 10.0 Å². The highest BCUT2D eigenvalue weighted by molar-refractivity contribution is 6.31. The third kappa shape index (κ3) is 3.78. The SMILES string of the molecule is Cc1ccc(Cl)cc1N1CCN(C(C)c2c(Cl)c(=O)n(-c3ccccc3)n2C)CC1. The standard InChI is InChI=1S/C23H26Cl2N4O/c1-16-9-10-18(24)15-20(16)28-13-11-27(12-14-28)17(2)22-21(25)23(30)29(26(22)3)19-7-5-4-6-8-19/h4-10,15,17H,11-14H2,1-3H3. The highest BCUT2D eigenvalue weighted by atomic mass is 35.5. The van der Waals surface area contributed by atoms with Gasteiger partial charge in [-0.1, -0.05) is 47.5 Å². The van der Waals surface area contributed by atoms with Gasteiger partial charge in [0.25, 0.3) is 5.56 Å². The summed E-state index contributed by atoms with van der Waals surface area (Å²) in [6.45, 7) is 7.80. The van der Waals surface area contributed by atoms with Gasteiger partial charge in [-0.05, 0) is 43.7 Å². The molecular formula is C23H26Cl2N4O. The zero-order valence-corrected chi connectivity index (χ0v) is 19.0. The third-order valence-corrected chi connectivity index (χ3v) is 6.61. The molecule has 7 heteroatoms. The molecule has 0 spiro atoms. The number of anilines is 1. The molecule has 2 heterocycles. The molecule has 1 aliphatic rings. The summed E-state index contributed by atoms with van der Waals surface area (Å²) in [7, 11) is 1.90. The van der Waals surface area contributed by atoms with E-state index in [1.54, 1.807) is 4.68 Å². The first-order chi connectivity index (χ1) is 14.4. The summed E-state index contributed by atoms with van der Waals surface area (Å²) in [6, 6.07) is 15.7. The lowest BCUT2D eigenvalue weighted by Crippen LogP contribution is -2.47. The van der Waals surface area contributed by atoms with E-state index in [0.717, 1.165) is 42.6 Å². The van der Waals surface area contributed by atoms with Crippen LogP contribution in [0.4, 0.5) is 5.69 Å². The van der Waals surface area contributed by atoms with E-state index in [0.29, 0.717) is 5.02 Å². The average Bonchev–Trinajstić information content (AvgIpc) is 2.98. The van der Waals surface area contributed by atoms with Crippen LogP contribution >= 0.6 is 23.2 Å². The maximum Gasteiger partial charge on any atom is 0.290 e. The van der Waals surface area contributed by atoms with Gasteiger partial charge in [-0.15, -0.1) is 0 Å². The van der Waals surface area contributed by atoms with Crippen molar-refractivity contribution in [2.45, 2.75) is 19.9 Å². The summed E-state index contributed by atoms with van der Waals surface area (Å²) in [6.07, 6.45) is 0. The number of hydrogen-bond acceptors (Lipinski definition) is 3. The monoisotopic (exact) mass is 444 g/mol. The summed E-state index contributed by atoms with van der Waals surface area (Å²) in [5.74, 6) is 0. The van der Waals surface area contributed by atoms with E-state index < -0.39 is 0 Å². The Labute approximate surface area is 187 Å². The maximum atomic E-state index is 12.9. The Morgan fingerprint density at radius 3 is 2.30 bits per heavy atom. The van der Waals surface area contributed by atoms with Crippen molar-refractivity contribution in [3.8, 4) is 5.69 Å². The van der Waals surface area contributed by atoms with E-state index in [9.17, 15) is 4.79 Å². The van der Waals surface area contributed by atoms with E-state index in [1.165, 1.54) is 11.3 Å². The van der Waals surface area contributed by atoms with Crippen LogP contribution in [0, 0.1) is 6.92 Å². The van der Waals surface area contributed by atoms with Crippen molar-refractivity contribution in [2.75, 3.05) is 31.1 Å². The molecule has 1 aliphatic heterocycles. The van der Waals surface area contributed by atoms with E-state index in [2.05, 4.69) is 29.7 Å². The smallest absolute Gasteiger partial charge is 0.290 e. The van der Waals surface area contributed by atoms with Gasteiger partial charge in [0.2, 0.25) is 0 Å². The van der Waals surface area contributed by atoms with E-state index in [-0.39, 0.29) is 11.6 Å². The fourth-order valence-corrected chi connectivity index (χ4v) is 4.87. The summed E-state index contributed by atoms with van der Waals surface area (Å²) in [5, 5.41) is 1.05. The van der Waals surface area contributed by atoms with Crippen molar-refractivity contribution in [3.05, 3.63) is 80.2 Å². The molecule has 0 N–H and O–H groups in total. The molecule has 5 nitrogen and oxygen atoms in total. The molecule has 1 aromatic heterocycles. The number of benzene rings is 2. The highest BCUT2D eigenvalue weighted by Gasteiger charge is 2.29. The zero-order valence-electron chi connectivity index (χ0n) is 17.5. The molecular weight excluding hydrogens is 419 g/mol. The Morgan fingerprint density at radius 2 is 1.63 bits per heavy atom. The van der Waals surface area contributed by atoms with Gasteiger partial charge in [-0.2, -0.15) is 0 Å². The summed E-state index contributed by atoms with van der Waals surface area (Å²) >= 11 is 12.8. The number of halogens is 2. The first kappa shape index (κ1) is 21.0. The number of aryl methyl sites for hydroxylation is 1. The van der Waals surface area contributed by atoms with Crippen LogP contribution in [0.1, 0.15) is 24.2 Å². The van der Waals surface area contributed by atoms with Crippen LogP contribution in [0.3, 0.4) is 0 Å². The topological polar surface area (TPSA) is 33.4 Å². The highest BCUT2D eigenvalue weighted by Crippen LogP contribution is 2.30. The first-order valence-electron chi connectivity index (χ1n) is 10.2. The Bertz CT molecular complexity index is 1100. The summed E-state index contributed by atoms with van der Waals surface area (Å²) in [4.78, 5) is 17.6. The summed E-state index contributed by atoms with van der Waals surface area (Å²) in [5.41, 5.74) is 3.90. The van der Waals surface area contributed by atoms with Crippen molar-refractivity contribution in [2.24, 2.45) is 7.05 Å². The number of hydrogen-bond donors (Lipinski definition) is 0. The molecule has 158 valence electrons. The van der Waals surface area contributed by atoms with Gasteiger partial charge in [0.1, 0.15) is 5.02 Å². The van der Waals surface area contributed by atoms with Gasteiger partial charge in [0.05, 0.1) is 17.4 Å². The average molecular weight is 445 g/mol. The van der Waals surface area contributed by atoms with Crippen molar-refractivity contribution in [1.29, 1.82) is 0 Å². The molecule has 0 bridgehead atoms. The minimum atomic E-state index is -0.180. The van der Waals surface area contributed by atoms with Crippen LogP contribution < -0.4 is 10.5 Å². The number of piperazine rings is 1. The second-order valence-electron chi connectivity index (χ2n) is 7.81. The van der Waals surface area contributed by atoms with Crippen LogP contribution in [-0.4, -0.2) is 40.4 Å². The van der Waals surface area contributed by atoms with Crippen LogP contribution in [0.25, 0.3) is 5.69 Å². The van der Waals surface area contributed by atoms with Crippen molar-refractivity contribution in [1.82, 2.24) is 14.3 Å². The molecule has 0 saturated carbocycles. The fraction of sp³-hybridized carbons (Fsp3) is 0.348. The third-order valence-electron chi connectivity index (χ3n) is 6.02. The second kappa shape index (κ2) is 8.50. The normalized spacial score (nSPS) is 16.1. The zero-order chi connectivity index (χ0) is 21.4. The molecule has 0 aliphatic carbocycles. The van der Waals surface area contributed by atoms with Crippen molar-refractivity contribution >= 4 is 28.9 Å². The number of para-hydroxylation sites is 1. The maximum absolute atomic E-state index is 12.9. The number of nitrogens with zero attached hydrogens (tertiary/aromatic N) is 4. The fourth-order valence-electron chi connectivity index (χ4n) is 4.35. The largest absolute Gasteiger partial charge is 0.369 e. The predicted octanol–water partition coefficient (Wildman–Crippen LogP) is 4.67. The molecule has 0 radical (unpaired) electrons. The quantitative estimate of drug-likeness (QED) is 0.585. The molecule has 30 heavy (non-hydrogen) atoms. The van der Waals surface area contributed by atoms with Crippen LogP contribution in [0.15, 0.2) is 53.3 Å². The Hall–Kier alpha value is -2.21. The van der Waals surface area contributed by atoms with Crippen LogP contribution in [-0.2, 0) is 7.05 Å². The lowest BCUT2D eigenvalue weighted by molar-refractivity contribution is 0.191. The Kier molecular flexibility index (Phi) is 5.96. The van der Waals surface area contributed by atoms with Crippen molar-refractivity contribution < 1.29 is 0 Å². The molecule has 1 fully saturated rings. The molecule has 1 unspecified atom stereocenters. The number of rotatable bonds is 4. The second-order valence-corrected chi connectivity index (χ2v) is 8.62. The summed E-state index contributed by atoms with van der Waals surface area (Å²) < 4.78 is 3.53. The minimum absolute atomic E-state index is 0.0303. The van der Waals surface area contributed by atoms with Gasteiger partial charge in [-0.25, -0.2) is 4.68 Å². The Balaban J connectivity index is 1.56. The lowest BCUT2D eigenvalue weighted by atomic mass is 10.1.